The number of halogens is 2. The highest BCUT2D eigenvalue weighted by Crippen LogP contribution is 2.34. The molecule has 0 spiro atoms. The van der Waals surface area contributed by atoms with Gasteiger partial charge in [0.1, 0.15) is 6.07 Å². The lowest BCUT2D eigenvalue weighted by atomic mass is 9.87. The number of nitrogens with two attached hydrogens (primary N) is 1. The Kier molecular flexibility index (Phi) is 6.73. The quantitative estimate of drug-likeness (QED) is 0.399. The van der Waals surface area contributed by atoms with Gasteiger partial charge in [-0.1, -0.05) is 47.5 Å². The average Bonchev–Trinajstić information content (AvgIpc) is 2.82. The fourth-order valence-electron chi connectivity index (χ4n) is 3.78. The molecule has 1 atom stereocenters. The van der Waals surface area contributed by atoms with E-state index in [1.165, 1.54) is 6.20 Å². The molecule has 0 aliphatic heterocycles. The van der Waals surface area contributed by atoms with Crippen LogP contribution in [-0.4, -0.2) is 21.8 Å². The number of nitrogens with one attached hydrogen (secondary N) is 1. The molecular weight excluding hydrogens is 473 g/mol. The van der Waals surface area contributed by atoms with Crippen LogP contribution < -0.4 is 11.1 Å². The number of anilines is 1. The van der Waals surface area contributed by atoms with Gasteiger partial charge in [0.05, 0.1) is 38.3 Å². The smallest absolute Gasteiger partial charge is 0.258 e. The minimum absolute atomic E-state index is 0.127. The van der Waals surface area contributed by atoms with Crippen molar-refractivity contribution in [3.05, 3.63) is 99.4 Å². The number of nitriles is 1. The normalized spacial score (nSPS) is 11.6. The molecule has 0 bridgehead atoms. The monoisotopic (exact) mass is 489 g/mol. The summed E-state index contributed by atoms with van der Waals surface area (Å²) >= 11 is 12.3. The molecular formula is C25H17Cl2N5O2. The second-order valence-corrected chi connectivity index (χ2v) is 8.24. The molecule has 2 aromatic carbocycles. The van der Waals surface area contributed by atoms with Crippen molar-refractivity contribution in [1.82, 2.24) is 9.97 Å². The van der Waals surface area contributed by atoms with Crippen LogP contribution in [0.1, 0.15) is 33.1 Å². The third-order valence-corrected chi connectivity index (χ3v) is 5.96. The topological polar surface area (TPSA) is 122 Å². The van der Waals surface area contributed by atoms with Crippen molar-refractivity contribution in [2.24, 2.45) is 5.73 Å². The Morgan fingerprint density at radius 1 is 1.03 bits per heavy atom. The summed E-state index contributed by atoms with van der Waals surface area (Å²) in [6.45, 7) is 0. The number of nitrogens with zero attached hydrogens (tertiary/aromatic N) is 3. The average molecular weight is 490 g/mol. The molecule has 0 fully saturated rings. The fourth-order valence-corrected chi connectivity index (χ4v) is 4.35. The Morgan fingerprint density at radius 3 is 2.41 bits per heavy atom. The Bertz CT molecular complexity index is 1430. The van der Waals surface area contributed by atoms with Crippen molar-refractivity contribution >= 4 is 51.6 Å². The van der Waals surface area contributed by atoms with Gasteiger partial charge < -0.3 is 11.1 Å². The number of benzene rings is 2. The summed E-state index contributed by atoms with van der Waals surface area (Å²) in [6.07, 6.45) is 3.19. The number of hydrogen-bond acceptors (Lipinski definition) is 5. The van der Waals surface area contributed by atoms with E-state index in [0.717, 1.165) is 0 Å². The lowest BCUT2D eigenvalue weighted by Gasteiger charge is -2.18. The molecule has 4 aromatic rings. The first-order valence-electron chi connectivity index (χ1n) is 10.2. The van der Waals surface area contributed by atoms with Crippen molar-refractivity contribution in [3.8, 4) is 6.07 Å². The zero-order valence-corrected chi connectivity index (χ0v) is 19.1. The molecule has 2 amide bonds. The van der Waals surface area contributed by atoms with Crippen LogP contribution in [0.2, 0.25) is 10.0 Å². The van der Waals surface area contributed by atoms with Crippen LogP contribution in [0.25, 0.3) is 10.9 Å². The number of primary amides is 1. The summed E-state index contributed by atoms with van der Waals surface area (Å²) in [7, 11) is 0. The maximum atomic E-state index is 12.9. The van der Waals surface area contributed by atoms with E-state index < -0.39 is 17.7 Å². The fraction of sp³-hybridized carbons (Fsp3) is 0.0800. The van der Waals surface area contributed by atoms with Gasteiger partial charge in [0.25, 0.3) is 5.91 Å². The summed E-state index contributed by atoms with van der Waals surface area (Å²) < 4.78 is 0. The van der Waals surface area contributed by atoms with Crippen LogP contribution in [0.5, 0.6) is 0 Å². The minimum Gasteiger partial charge on any atom is -0.369 e. The van der Waals surface area contributed by atoms with Crippen LogP contribution in [0.15, 0.2) is 67.0 Å². The van der Waals surface area contributed by atoms with Crippen LogP contribution in [0, 0.1) is 11.3 Å². The number of amides is 2. The van der Waals surface area contributed by atoms with Crippen molar-refractivity contribution in [2.75, 3.05) is 5.32 Å². The number of rotatable bonds is 6. The SMILES string of the molecule is N#Cc1cnc2c(NC(=O)c3c(Cl)cccc3Cl)cccc2c1C(Cc1ccccn1)C(N)=O. The van der Waals surface area contributed by atoms with Gasteiger partial charge in [-0.25, -0.2) is 0 Å². The molecule has 1 unspecified atom stereocenters. The predicted molar refractivity (Wildman–Crippen MR) is 131 cm³/mol. The number of para-hydroxylation sites is 1. The molecule has 0 saturated heterocycles. The molecule has 0 aliphatic rings. The van der Waals surface area contributed by atoms with Gasteiger partial charge >= 0.3 is 0 Å². The molecule has 168 valence electrons. The lowest BCUT2D eigenvalue weighted by Crippen LogP contribution is -2.25. The largest absolute Gasteiger partial charge is 0.369 e. The maximum absolute atomic E-state index is 12.9. The predicted octanol–water partition coefficient (Wildman–Crippen LogP) is 4.87. The Hall–Kier alpha value is -3.99. The highest BCUT2D eigenvalue weighted by Gasteiger charge is 2.26. The zero-order chi connectivity index (χ0) is 24.2. The molecule has 2 aromatic heterocycles. The van der Waals surface area contributed by atoms with Crippen molar-refractivity contribution in [1.29, 1.82) is 5.26 Å². The first-order valence-corrected chi connectivity index (χ1v) is 10.9. The number of aromatic nitrogens is 2. The molecule has 9 heteroatoms. The highest BCUT2D eigenvalue weighted by atomic mass is 35.5. The van der Waals surface area contributed by atoms with E-state index in [9.17, 15) is 14.9 Å². The minimum atomic E-state index is -0.834. The van der Waals surface area contributed by atoms with E-state index in [1.54, 1.807) is 54.7 Å². The lowest BCUT2D eigenvalue weighted by molar-refractivity contribution is -0.119. The standard InChI is InChI=1S/C25H17Cl2N5O2/c26-18-7-4-8-19(27)22(18)25(34)32-20-9-3-6-16-21(14(12-28)13-31-23(16)20)17(24(29)33)11-15-5-1-2-10-30-15/h1-10,13,17H,11H2,(H2,29,33)(H,32,34). The van der Waals surface area contributed by atoms with Crippen LogP contribution in [0.4, 0.5) is 5.69 Å². The van der Waals surface area contributed by atoms with Gasteiger partial charge in [-0.15, -0.1) is 0 Å². The summed E-state index contributed by atoms with van der Waals surface area (Å²) in [4.78, 5) is 34.1. The Labute approximate surface area is 205 Å². The summed E-state index contributed by atoms with van der Waals surface area (Å²) in [5.41, 5.74) is 7.94. The van der Waals surface area contributed by atoms with E-state index in [-0.39, 0.29) is 27.6 Å². The molecule has 2 heterocycles. The first-order chi connectivity index (χ1) is 16.4. The second kappa shape index (κ2) is 9.87. The summed E-state index contributed by atoms with van der Waals surface area (Å²) in [6, 6.07) is 17.3. The molecule has 3 N–H and O–H groups in total. The van der Waals surface area contributed by atoms with E-state index in [2.05, 4.69) is 21.4 Å². The molecule has 0 saturated carbocycles. The van der Waals surface area contributed by atoms with Crippen LogP contribution in [0.3, 0.4) is 0 Å². The molecule has 34 heavy (non-hydrogen) atoms. The van der Waals surface area contributed by atoms with Gasteiger partial charge in [-0.05, 0) is 35.9 Å². The van der Waals surface area contributed by atoms with E-state index in [1.807, 2.05) is 6.07 Å². The molecule has 0 aliphatic carbocycles. The van der Waals surface area contributed by atoms with Gasteiger partial charge in [0.2, 0.25) is 5.91 Å². The van der Waals surface area contributed by atoms with E-state index in [0.29, 0.717) is 27.8 Å². The second-order valence-electron chi connectivity index (χ2n) is 7.43. The number of carbonyl (C=O) groups excluding carboxylic acids is 2. The summed E-state index contributed by atoms with van der Waals surface area (Å²) in [5, 5.41) is 13.4. The number of pyridine rings is 2. The van der Waals surface area contributed by atoms with E-state index >= 15 is 0 Å². The van der Waals surface area contributed by atoms with Crippen molar-refractivity contribution in [2.45, 2.75) is 12.3 Å². The molecule has 4 rings (SSSR count). The van der Waals surface area contributed by atoms with E-state index in [4.69, 9.17) is 28.9 Å². The van der Waals surface area contributed by atoms with Gasteiger partial charge in [0, 0.05) is 29.9 Å². The number of fused-ring (bicyclic) bond motifs is 1. The number of hydrogen-bond donors (Lipinski definition) is 2. The van der Waals surface area contributed by atoms with Gasteiger partial charge in [0.15, 0.2) is 0 Å². The Morgan fingerprint density at radius 2 is 1.76 bits per heavy atom. The van der Waals surface area contributed by atoms with Crippen LogP contribution >= 0.6 is 23.2 Å². The summed E-state index contributed by atoms with van der Waals surface area (Å²) in [5.74, 6) is -1.96. The van der Waals surface area contributed by atoms with Crippen molar-refractivity contribution in [3.63, 3.8) is 0 Å². The maximum Gasteiger partial charge on any atom is 0.258 e. The Balaban J connectivity index is 1.83. The van der Waals surface area contributed by atoms with Crippen molar-refractivity contribution < 1.29 is 9.59 Å². The molecule has 0 radical (unpaired) electrons. The third kappa shape index (κ3) is 4.55. The molecule has 7 nitrogen and oxygen atoms in total. The van der Waals surface area contributed by atoms with Gasteiger partial charge in [-0.3, -0.25) is 19.6 Å². The highest BCUT2D eigenvalue weighted by molar-refractivity contribution is 6.40. The first kappa shape index (κ1) is 23.2. The third-order valence-electron chi connectivity index (χ3n) is 5.33. The zero-order valence-electron chi connectivity index (χ0n) is 17.6. The number of carbonyl (C=O) groups is 2. The van der Waals surface area contributed by atoms with Crippen LogP contribution in [-0.2, 0) is 11.2 Å². The van der Waals surface area contributed by atoms with Gasteiger partial charge in [-0.2, -0.15) is 5.26 Å².